The third-order valence-corrected chi connectivity index (χ3v) is 2.45. The summed E-state index contributed by atoms with van der Waals surface area (Å²) in [6.07, 6.45) is 0.843. The second-order valence-electron chi connectivity index (χ2n) is 4.07. The van der Waals surface area contributed by atoms with Gasteiger partial charge in [-0.2, -0.15) is 20.2 Å². The smallest absolute Gasteiger partial charge is 0.323 e. The molecule has 4 N–H and O–H groups in total. The van der Waals surface area contributed by atoms with Gasteiger partial charge < -0.3 is 10.1 Å². The highest BCUT2D eigenvalue weighted by Crippen LogP contribution is 2.17. The van der Waals surface area contributed by atoms with Crippen molar-refractivity contribution in [3.63, 3.8) is 0 Å². The van der Waals surface area contributed by atoms with E-state index in [0.717, 1.165) is 12.1 Å². The van der Waals surface area contributed by atoms with Crippen LogP contribution in [0.2, 0.25) is 0 Å². The summed E-state index contributed by atoms with van der Waals surface area (Å²) < 4.78 is 5.37. The minimum atomic E-state index is 0.191. The van der Waals surface area contributed by atoms with Gasteiger partial charge in [-0.15, -0.1) is 0 Å². The molecule has 0 bridgehead atoms. The zero-order valence-corrected chi connectivity index (χ0v) is 11.5. The lowest BCUT2D eigenvalue weighted by Crippen LogP contribution is -2.13. The number of hydrogen-bond acceptors (Lipinski definition) is 8. The number of nitrogens with two attached hydrogens (primary N) is 1. The predicted molar refractivity (Wildman–Crippen MR) is 77.9 cm³/mol. The molecule has 0 atom stereocenters. The van der Waals surface area contributed by atoms with Gasteiger partial charge in [-0.25, -0.2) is 5.84 Å². The number of nitrogens with one attached hydrogen (secondary N) is 2. The Kier molecular flexibility index (Phi) is 4.84. The molecule has 0 aliphatic carbocycles. The van der Waals surface area contributed by atoms with Gasteiger partial charge in [0.1, 0.15) is 0 Å². The molecule has 0 aliphatic heterocycles. The third-order valence-electron chi connectivity index (χ3n) is 2.45. The van der Waals surface area contributed by atoms with Gasteiger partial charge in [-0.1, -0.05) is 6.92 Å². The molecule has 0 aliphatic rings. The standard InChI is InChI=1S/C13H15N7O/c1-2-7-21-13-18-11(17-12(19-13)20-15)16-10-5-3-9(8-14)4-6-10/h3-6H,2,7,15H2,1H3,(H2,16,17,18,19,20). The van der Waals surface area contributed by atoms with Gasteiger partial charge in [-0.05, 0) is 30.7 Å². The van der Waals surface area contributed by atoms with Crippen molar-refractivity contribution in [1.29, 1.82) is 5.26 Å². The van der Waals surface area contributed by atoms with E-state index in [2.05, 4.69) is 31.8 Å². The molecule has 0 unspecified atom stereocenters. The largest absolute Gasteiger partial charge is 0.463 e. The summed E-state index contributed by atoms with van der Waals surface area (Å²) in [6, 6.07) is 9.14. The number of benzene rings is 1. The topological polar surface area (TPSA) is 122 Å². The van der Waals surface area contributed by atoms with Gasteiger partial charge in [-0.3, -0.25) is 5.43 Å². The maximum atomic E-state index is 8.76. The Morgan fingerprint density at radius 3 is 2.52 bits per heavy atom. The Labute approximate surface area is 122 Å². The molecule has 0 amide bonds. The Hall–Kier alpha value is -2.92. The van der Waals surface area contributed by atoms with Crippen molar-refractivity contribution < 1.29 is 4.74 Å². The Bertz CT molecular complexity index is 636. The van der Waals surface area contributed by atoms with Crippen LogP contribution in [0.15, 0.2) is 24.3 Å². The van der Waals surface area contributed by atoms with E-state index in [4.69, 9.17) is 15.8 Å². The fraction of sp³-hybridized carbons (Fsp3) is 0.231. The highest BCUT2D eigenvalue weighted by Gasteiger charge is 2.07. The SMILES string of the molecule is CCCOc1nc(NN)nc(Nc2ccc(C#N)cc2)n1. The zero-order valence-electron chi connectivity index (χ0n) is 11.5. The van der Waals surface area contributed by atoms with Crippen LogP contribution in [0.5, 0.6) is 6.01 Å². The molecule has 0 radical (unpaired) electrons. The molecule has 0 saturated heterocycles. The van der Waals surface area contributed by atoms with Crippen LogP contribution in [0.25, 0.3) is 0 Å². The second kappa shape index (κ2) is 7.02. The fourth-order valence-electron chi connectivity index (χ4n) is 1.49. The van der Waals surface area contributed by atoms with Crippen LogP contribution in [0.1, 0.15) is 18.9 Å². The number of nitrogens with zero attached hydrogens (tertiary/aromatic N) is 4. The molecule has 2 aromatic rings. The quantitative estimate of drug-likeness (QED) is 0.540. The molecule has 0 saturated carbocycles. The molecule has 0 spiro atoms. The van der Waals surface area contributed by atoms with Crippen LogP contribution in [0.3, 0.4) is 0 Å². The number of anilines is 3. The van der Waals surface area contributed by atoms with Crippen molar-refractivity contribution in [2.24, 2.45) is 5.84 Å². The summed E-state index contributed by atoms with van der Waals surface area (Å²) in [7, 11) is 0. The Morgan fingerprint density at radius 2 is 1.90 bits per heavy atom. The van der Waals surface area contributed by atoms with Crippen molar-refractivity contribution >= 4 is 17.6 Å². The molecule has 1 heterocycles. The number of hydrogen-bond donors (Lipinski definition) is 3. The van der Waals surface area contributed by atoms with Crippen LogP contribution in [0, 0.1) is 11.3 Å². The first-order chi connectivity index (χ1) is 10.2. The molecule has 1 aromatic carbocycles. The van der Waals surface area contributed by atoms with Crippen LogP contribution >= 0.6 is 0 Å². The van der Waals surface area contributed by atoms with Crippen LogP contribution in [-0.4, -0.2) is 21.6 Å². The van der Waals surface area contributed by atoms with E-state index in [1.165, 1.54) is 0 Å². The lowest BCUT2D eigenvalue weighted by molar-refractivity contribution is 0.292. The molecule has 0 fully saturated rings. The molecular weight excluding hydrogens is 270 g/mol. The first kappa shape index (κ1) is 14.5. The van der Waals surface area contributed by atoms with Crippen LogP contribution < -0.4 is 21.3 Å². The van der Waals surface area contributed by atoms with Gasteiger partial charge in [0.2, 0.25) is 11.9 Å². The van der Waals surface area contributed by atoms with E-state index < -0.39 is 0 Å². The lowest BCUT2D eigenvalue weighted by Gasteiger charge is -2.09. The van der Waals surface area contributed by atoms with E-state index in [0.29, 0.717) is 18.1 Å². The van der Waals surface area contributed by atoms with Gasteiger partial charge in [0, 0.05) is 5.69 Å². The Morgan fingerprint density at radius 1 is 1.19 bits per heavy atom. The maximum absolute atomic E-state index is 8.76. The van der Waals surface area contributed by atoms with Gasteiger partial charge in [0.15, 0.2) is 0 Å². The average molecular weight is 285 g/mol. The predicted octanol–water partition coefficient (Wildman–Crippen LogP) is 1.56. The van der Waals surface area contributed by atoms with Gasteiger partial charge in [0.25, 0.3) is 0 Å². The molecule has 21 heavy (non-hydrogen) atoms. The molecule has 1 aromatic heterocycles. The molecule has 108 valence electrons. The van der Waals surface area contributed by atoms with Crippen molar-refractivity contribution in [3.8, 4) is 12.1 Å². The minimum absolute atomic E-state index is 0.191. The van der Waals surface area contributed by atoms with E-state index in [1.54, 1.807) is 24.3 Å². The van der Waals surface area contributed by atoms with Crippen molar-refractivity contribution in [1.82, 2.24) is 15.0 Å². The van der Waals surface area contributed by atoms with E-state index in [9.17, 15) is 0 Å². The number of hydrazine groups is 1. The number of ether oxygens (including phenoxy) is 1. The molecular formula is C13H15N7O. The summed E-state index contributed by atoms with van der Waals surface area (Å²) in [5.41, 5.74) is 3.68. The lowest BCUT2D eigenvalue weighted by atomic mass is 10.2. The van der Waals surface area contributed by atoms with Crippen molar-refractivity contribution in [2.45, 2.75) is 13.3 Å². The zero-order chi connectivity index (χ0) is 15.1. The Balaban J connectivity index is 2.19. The van der Waals surface area contributed by atoms with E-state index >= 15 is 0 Å². The van der Waals surface area contributed by atoms with E-state index in [1.807, 2.05) is 6.92 Å². The summed E-state index contributed by atoms with van der Waals surface area (Å²) in [5, 5.41) is 11.8. The third kappa shape index (κ3) is 4.02. The number of rotatable bonds is 6. The summed E-state index contributed by atoms with van der Waals surface area (Å²) in [5.74, 6) is 5.83. The first-order valence-corrected chi connectivity index (χ1v) is 6.38. The summed E-state index contributed by atoms with van der Waals surface area (Å²) in [4.78, 5) is 12.2. The number of nitriles is 1. The van der Waals surface area contributed by atoms with Crippen LogP contribution in [-0.2, 0) is 0 Å². The second-order valence-corrected chi connectivity index (χ2v) is 4.07. The molecule has 8 nitrogen and oxygen atoms in total. The monoisotopic (exact) mass is 285 g/mol. The summed E-state index contributed by atoms with van der Waals surface area (Å²) >= 11 is 0. The van der Waals surface area contributed by atoms with Gasteiger partial charge >= 0.3 is 6.01 Å². The van der Waals surface area contributed by atoms with E-state index in [-0.39, 0.29) is 12.0 Å². The fourth-order valence-corrected chi connectivity index (χ4v) is 1.49. The van der Waals surface area contributed by atoms with Gasteiger partial charge in [0.05, 0.1) is 18.2 Å². The number of aromatic nitrogens is 3. The number of nitrogen functional groups attached to an aromatic ring is 1. The maximum Gasteiger partial charge on any atom is 0.323 e. The highest BCUT2D eigenvalue weighted by atomic mass is 16.5. The normalized spacial score (nSPS) is 9.76. The van der Waals surface area contributed by atoms with Crippen molar-refractivity contribution in [2.75, 3.05) is 17.3 Å². The average Bonchev–Trinajstić information content (AvgIpc) is 2.53. The van der Waals surface area contributed by atoms with Crippen molar-refractivity contribution in [3.05, 3.63) is 29.8 Å². The highest BCUT2D eigenvalue weighted by molar-refractivity contribution is 5.55. The van der Waals surface area contributed by atoms with Crippen LogP contribution in [0.4, 0.5) is 17.6 Å². The minimum Gasteiger partial charge on any atom is -0.463 e. The molecule has 2 rings (SSSR count). The first-order valence-electron chi connectivity index (χ1n) is 6.38. The summed E-state index contributed by atoms with van der Waals surface area (Å²) in [6.45, 7) is 2.49. The molecule has 8 heteroatoms.